The summed E-state index contributed by atoms with van der Waals surface area (Å²) in [6, 6.07) is -0.676. The van der Waals surface area contributed by atoms with E-state index in [1.54, 1.807) is 34.6 Å². The molecule has 4 N–H and O–H groups in total. The van der Waals surface area contributed by atoms with E-state index in [1.807, 2.05) is 27.7 Å². The lowest BCUT2D eigenvalue weighted by molar-refractivity contribution is -0.261. The summed E-state index contributed by atoms with van der Waals surface area (Å²) in [5.41, 5.74) is 4.75. The molecule has 0 bridgehead atoms. The third-order valence-electron chi connectivity index (χ3n) is 16.0. The van der Waals surface area contributed by atoms with Gasteiger partial charge in [0, 0.05) is 52.5 Å². The van der Waals surface area contributed by atoms with E-state index in [4.69, 9.17) is 19.9 Å². The molecule has 1 heterocycles. The maximum atomic E-state index is 15.1. The van der Waals surface area contributed by atoms with Gasteiger partial charge in [0.15, 0.2) is 5.79 Å². The summed E-state index contributed by atoms with van der Waals surface area (Å²) < 4.78 is 17.6. The van der Waals surface area contributed by atoms with Gasteiger partial charge in [-0.05, 0) is 96.8 Å². The van der Waals surface area contributed by atoms with Crippen LogP contribution in [0.1, 0.15) is 206 Å². The highest BCUT2D eigenvalue weighted by molar-refractivity contribution is 5.93. The van der Waals surface area contributed by atoms with Crippen molar-refractivity contribution in [3.8, 4) is 0 Å². The first-order valence-electron chi connectivity index (χ1n) is 32.2. The minimum Gasteiger partial charge on any atom is -0.444 e. The normalized spacial score (nSPS) is 14.8. The largest absolute Gasteiger partial charge is 0.444 e. The minimum atomic E-state index is -0.904. The fraction of sp³-hybridized carbons (Fsp3) is 0.873. The molecule has 4 atom stereocenters. The van der Waals surface area contributed by atoms with Gasteiger partial charge in [-0.15, -0.1) is 0 Å². The number of amides is 8. The number of hydrogen-bond donors (Lipinski definition) is 3. The van der Waals surface area contributed by atoms with Crippen LogP contribution in [0.3, 0.4) is 0 Å². The summed E-state index contributed by atoms with van der Waals surface area (Å²) in [4.78, 5) is 124. The number of nitrogens with two attached hydrogens (primary N) is 1. The number of nitrogens with zero attached hydrogens (tertiary/aromatic N) is 7. The second kappa shape index (κ2) is 42.3. The van der Waals surface area contributed by atoms with Gasteiger partial charge in [0.2, 0.25) is 41.4 Å². The van der Waals surface area contributed by atoms with Gasteiger partial charge >= 0.3 is 6.09 Å². The monoisotopic (exact) mass is 1190 g/mol. The van der Waals surface area contributed by atoms with Crippen LogP contribution in [0.5, 0.6) is 0 Å². The standard InChI is InChI=1S/C63H118N8O13/c1-14-22-28-49(18-5)36-67(40-54(64)74)57(77)41-65(32-26-34-72)55(75)43-68(37-50(19-6)29-23-15-2)59(79)45-69(38-51(20-7)30-24-16-3)58(78)42-66(33-27-35-73)56(76)44-70(39-52(21-8)31-25-17-4)60(80)46-71(61(81)84-62(9,10)11)53-47-82-63(12,13)83-48-53/h49-53,72-73H,14-48H2,1-13H3,(H2,64,74). The summed E-state index contributed by atoms with van der Waals surface area (Å²) in [6.07, 6.45) is 13.0. The molecular weight excluding hydrogens is 1080 g/mol. The Hall–Kier alpha value is -4.60. The number of aliphatic hydroxyl groups excluding tert-OH is 2. The van der Waals surface area contributed by atoms with Crippen molar-refractivity contribution in [3.63, 3.8) is 0 Å². The van der Waals surface area contributed by atoms with Crippen LogP contribution < -0.4 is 5.73 Å². The molecule has 21 nitrogen and oxygen atoms in total. The van der Waals surface area contributed by atoms with Crippen LogP contribution in [0, 0.1) is 23.7 Å². The van der Waals surface area contributed by atoms with Gasteiger partial charge in [-0.3, -0.25) is 38.5 Å². The fourth-order valence-corrected chi connectivity index (χ4v) is 10.3. The lowest BCUT2D eigenvalue weighted by Crippen LogP contribution is -2.57. The van der Waals surface area contributed by atoms with E-state index in [9.17, 15) is 39.0 Å². The first-order valence-corrected chi connectivity index (χ1v) is 32.2. The van der Waals surface area contributed by atoms with Gasteiger partial charge < -0.3 is 59.6 Å². The van der Waals surface area contributed by atoms with Gasteiger partial charge in [-0.25, -0.2) is 4.79 Å². The fourth-order valence-electron chi connectivity index (χ4n) is 10.3. The molecule has 0 aromatic heterocycles. The molecule has 0 saturated carbocycles. The number of hydrogen-bond acceptors (Lipinski definition) is 13. The van der Waals surface area contributed by atoms with Crippen molar-refractivity contribution in [1.82, 2.24) is 34.3 Å². The number of aliphatic hydroxyl groups is 2. The van der Waals surface area contributed by atoms with Crippen molar-refractivity contribution in [3.05, 3.63) is 0 Å². The van der Waals surface area contributed by atoms with Gasteiger partial charge in [0.25, 0.3) is 0 Å². The van der Waals surface area contributed by atoms with Crippen molar-refractivity contribution in [2.24, 2.45) is 29.4 Å². The zero-order chi connectivity index (χ0) is 63.4. The highest BCUT2D eigenvalue weighted by atomic mass is 16.7. The van der Waals surface area contributed by atoms with E-state index in [1.165, 1.54) is 34.3 Å². The molecule has 4 unspecified atom stereocenters. The summed E-state index contributed by atoms with van der Waals surface area (Å²) >= 11 is 0. The van der Waals surface area contributed by atoms with E-state index in [2.05, 4.69) is 27.7 Å². The van der Waals surface area contributed by atoms with Crippen molar-refractivity contribution >= 4 is 47.4 Å². The SMILES string of the molecule is CCCCC(CC)CN(CC(N)=O)C(=O)CN(CCCO)C(=O)CN(CC(CC)CCCC)C(=O)CN(CC(CC)CCCC)C(=O)CN(CCCO)C(=O)CN(CC(CC)CCCC)C(=O)CN(C(=O)OC(C)(C)C)C1COC(C)(C)OC1. The van der Waals surface area contributed by atoms with Crippen LogP contribution >= 0.6 is 0 Å². The Morgan fingerprint density at radius 2 is 0.762 bits per heavy atom. The maximum absolute atomic E-state index is 15.1. The van der Waals surface area contributed by atoms with Gasteiger partial charge in [-0.1, -0.05) is 132 Å². The zero-order valence-corrected chi connectivity index (χ0v) is 54.7. The molecule has 1 aliphatic rings. The maximum Gasteiger partial charge on any atom is 0.411 e. The highest BCUT2D eigenvalue weighted by Crippen LogP contribution is 2.24. The Labute approximate surface area is 506 Å². The number of unbranched alkanes of at least 4 members (excludes halogenated alkanes) is 4. The molecule has 8 amide bonds. The van der Waals surface area contributed by atoms with Crippen molar-refractivity contribution in [2.45, 2.75) is 223 Å². The van der Waals surface area contributed by atoms with Crippen LogP contribution in [0.2, 0.25) is 0 Å². The number of carbonyl (C=O) groups is 8. The average molecular weight is 1200 g/mol. The first-order chi connectivity index (χ1) is 39.8. The van der Waals surface area contributed by atoms with Crippen molar-refractivity contribution < 1.29 is 62.8 Å². The molecule has 84 heavy (non-hydrogen) atoms. The smallest absolute Gasteiger partial charge is 0.411 e. The average Bonchev–Trinajstić information content (AvgIpc) is 3.65. The summed E-state index contributed by atoms with van der Waals surface area (Å²) in [5, 5.41) is 20.1. The van der Waals surface area contributed by atoms with Gasteiger partial charge in [0.05, 0.1) is 58.5 Å². The Kier molecular flexibility index (Phi) is 39.0. The van der Waals surface area contributed by atoms with Gasteiger partial charge in [-0.2, -0.15) is 0 Å². The second-order valence-electron chi connectivity index (χ2n) is 24.8. The van der Waals surface area contributed by atoms with Crippen LogP contribution in [0.25, 0.3) is 0 Å². The molecule has 0 radical (unpaired) electrons. The summed E-state index contributed by atoms with van der Waals surface area (Å²) in [5.74, 6) is -4.53. The van der Waals surface area contributed by atoms with Crippen LogP contribution in [0.15, 0.2) is 0 Å². The summed E-state index contributed by atoms with van der Waals surface area (Å²) in [7, 11) is 0. The third-order valence-corrected chi connectivity index (χ3v) is 16.0. The Bertz CT molecular complexity index is 1930. The van der Waals surface area contributed by atoms with E-state index in [0.717, 1.165) is 83.5 Å². The molecule has 0 aromatic carbocycles. The molecule has 0 aliphatic carbocycles. The third kappa shape index (κ3) is 31.2. The number of rotatable bonds is 45. The Morgan fingerprint density at radius 1 is 0.476 bits per heavy atom. The number of primary amides is 1. The molecule has 1 rings (SSSR count). The van der Waals surface area contributed by atoms with Gasteiger partial charge in [0.1, 0.15) is 12.1 Å². The predicted molar refractivity (Wildman–Crippen MR) is 328 cm³/mol. The molecule has 1 aliphatic heterocycles. The minimum absolute atomic E-state index is 0.00528. The van der Waals surface area contributed by atoms with Crippen molar-refractivity contribution in [1.29, 1.82) is 0 Å². The van der Waals surface area contributed by atoms with Crippen LogP contribution in [0.4, 0.5) is 4.79 Å². The Morgan fingerprint density at radius 3 is 1.04 bits per heavy atom. The van der Waals surface area contributed by atoms with Crippen LogP contribution in [-0.2, 0) is 47.8 Å². The molecule has 488 valence electrons. The van der Waals surface area contributed by atoms with Crippen molar-refractivity contribution in [2.75, 3.05) is 112 Å². The number of ether oxygens (including phenoxy) is 3. The molecule has 0 spiro atoms. The quantitative estimate of drug-likeness (QED) is 0.0536. The molecule has 1 saturated heterocycles. The summed E-state index contributed by atoms with van der Waals surface area (Å²) in [6.45, 7) is 22.8. The lowest BCUT2D eigenvalue weighted by atomic mass is 9.98. The lowest BCUT2D eigenvalue weighted by Gasteiger charge is -2.41. The topological polar surface area (TPSA) is 253 Å². The molecular formula is C63H118N8O13. The highest BCUT2D eigenvalue weighted by Gasteiger charge is 2.39. The predicted octanol–water partition coefficient (Wildman–Crippen LogP) is 7.46. The number of carbonyl (C=O) groups excluding carboxylic acids is 8. The first kappa shape index (κ1) is 77.4. The van der Waals surface area contributed by atoms with Crippen LogP contribution in [-0.4, -0.2) is 221 Å². The van der Waals surface area contributed by atoms with E-state index >= 15 is 9.59 Å². The van der Waals surface area contributed by atoms with E-state index in [0.29, 0.717) is 25.8 Å². The zero-order valence-electron chi connectivity index (χ0n) is 54.7. The Balaban J connectivity index is 3.88. The molecule has 21 heteroatoms. The van der Waals surface area contributed by atoms with E-state index in [-0.39, 0.29) is 102 Å². The van der Waals surface area contributed by atoms with E-state index < -0.39 is 104 Å². The molecule has 0 aromatic rings. The second-order valence-corrected chi connectivity index (χ2v) is 24.8. The molecule has 1 fully saturated rings.